The van der Waals surface area contributed by atoms with E-state index in [1.54, 1.807) is 55.5 Å². The second-order valence-corrected chi connectivity index (χ2v) is 11.1. The van der Waals surface area contributed by atoms with E-state index in [9.17, 15) is 19.2 Å². The summed E-state index contributed by atoms with van der Waals surface area (Å²) in [5.74, 6) is 0.129. The fourth-order valence-electron chi connectivity index (χ4n) is 4.42. The van der Waals surface area contributed by atoms with Gasteiger partial charge in [0.1, 0.15) is 23.0 Å². The van der Waals surface area contributed by atoms with Crippen molar-refractivity contribution in [3.63, 3.8) is 0 Å². The first-order chi connectivity index (χ1) is 24.3. The van der Waals surface area contributed by atoms with Crippen molar-refractivity contribution in [3.8, 4) is 23.0 Å². The summed E-state index contributed by atoms with van der Waals surface area (Å²) >= 11 is 0. The molecule has 0 atom stereocenters. The molecule has 0 radical (unpaired) electrons. The van der Waals surface area contributed by atoms with Crippen molar-refractivity contribution < 1.29 is 47.6 Å². The standard InChI is InChI=1S/C40H44O10/c1-4-37(41)47-27-10-7-6-9-25-46-34-20-16-32(17-21-34)40(44)49-35-22-23-36(30(3)29-35)50-39(43)24-15-31-13-18-33(19-14-31)45-26-11-8-12-28-48-38(42)5-2/h4-5,13-24,29H,1-2,6-12,25-28H2,3H3/b24-15+. The van der Waals surface area contributed by atoms with Crippen LogP contribution < -0.4 is 18.9 Å². The highest BCUT2D eigenvalue weighted by Crippen LogP contribution is 2.25. The molecule has 50 heavy (non-hydrogen) atoms. The summed E-state index contributed by atoms with van der Waals surface area (Å²) in [6, 6.07) is 18.8. The zero-order valence-corrected chi connectivity index (χ0v) is 28.4. The third kappa shape index (κ3) is 15.1. The van der Waals surface area contributed by atoms with Crippen LogP contribution in [-0.4, -0.2) is 50.3 Å². The van der Waals surface area contributed by atoms with Gasteiger partial charge in [-0.05, 0) is 124 Å². The highest BCUT2D eigenvalue weighted by atomic mass is 16.5. The second kappa shape index (κ2) is 22.1. The summed E-state index contributed by atoms with van der Waals surface area (Å²) in [4.78, 5) is 47.2. The number of esters is 4. The maximum atomic E-state index is 12.7. The predicted octanol–water partition coefficient (Wildman–Crippen LogP) is 7.78. The van der Waals surface area contributed by atoms with Gasteiger partial charge in [-0.1, -0.05) is 25.3 Å². The van der Waals surface area contributed by atoms with E-state index in [4.69, 9.17) is 28.4 Å². The predicted molar refractivity (Wildman–Crippen MR) is 189 cm³/mol. The molecule has 3 aromatic rings. The van der Waals surface area contributed by atoms with Crippen LogP contribution in [0.15, 0.2) is 98.1 Å². The van der Waals surface area contributed by atoms with Crippen LogP contribution in [-0.2, 0) is 23.9 Å². The molecule has 264 valence electrons. The Morgan fingerprint density at radius 1 is 0.580 bits per heavy atom. The van der Waals surface area contributed by atoms with E-state index in [1.807, 2.05) is 24.3 Å². The first-order valence-corrected chi connectivity index (χ1v) is 16.5. The minimum atomic E-state index is -0.550. The average molecular weight is 685 g/mol. The van der Waals surface area contributed by atoms with E-state index in [0.717, 1.165) is 62.7 Å². The Bertz CT molecular complexity index is 1590. The van der Waals surface area contributed by atoms with Gasteiger partial charge < -0.3 is 28.4 Å². The van der Waals surface area contributed by atoms with Crippen LogP contribution in [0.25, 0.3) is 6.08 Å². The fraction of sp³-hybridized carbons (Fsp3) is 0.300. The first kappa shape index (κ1) is 38.8. The molecule has 10 nitrogen and oxygen atoms in total. The number of hydrogen-bond donors (Lipinski definition) is 0. The van der Waals surface area contributed by atoms with E-state index in [-0.39, 0.29) is 0 Å². The number of benzene rings is 3. The lowest BCUT2D eigenvalue weighted by Crippen LogP contribution is -2.09. The normalized spacial score (nSPS) is 10.6. The van der Waals surface area contributed by atoms with E-state index >= 15 is 0 Å². The third-order valence-electron chi connectivity index (χ3n) is 7.14. The highest BCUT2D eigenvalue weighted by Gasteiger charge is 2.12. The molecule has 0 aliphatic rings. The molecule has 10 heteroatoms. The molecular formula is C40H44O10. The topological polar surface area (TPSA) is 124 Å². The van der Waals surface area contributed by atoms with E-state index < -0.39 is 23.9 Å². The lowest BCUT2D eigenvalue weighted by atomic mass is 10.2. The maximum Gasteiger partial charge on any atom is 0.343 e. The molecule has 0 spiro atoms. The quantitative estimate of drug-likeness (QED) is 0.0449. The Balaban J connectivity index is 1.35. The maximum absolute atomic E-state index is 12.7. The number of carbonyl (C=O) groups excluding carboxylic acids is 4. The minimum absolute atomic E-state index is 0.318. The molecule has 0 heterocycles. The SMILES string of the molecule is C=CC(=O)OCCCCCCOc1ccc(C(=O)Oc2ccc(OC(=O)/C=C/c3ccc(OCCCCCOC(=O)C=C)cc3)c(C)c2)cc1. The summed E-state index contributed by atoms with van der Waals surface area (Å²) in [6.07, 6.45) is 11.3. The number of hydrogen-bond acceptors (Lipinski definition) is 10. The number of aryl methyl sites for hydroxylation is 1. The molecule has 0 aromatic heterocycles. The molecule has 0 bridgehead atoms. The van der Waals surface area contributed by atoms with Gasteiger partial charge in [-0.3, -0.25) is 0 Å². The van der Waals surface area contributed by atoms with Crippen LogP contribution in [0, 0.1) is 6.92 Å². The summed E-state index contributed by atoms with van der Waals surface area (Å²) in [6.45, 7) is 10.3. The average Bonchev–Trinajstić information content (AvgIpc) is 3.13. The van der Waals surface area contributed by atoms with Gasteiger partial charge in [0.2, 0.25) is 0 Å². The molecule has 3 aromatic carbocycles. The fourth-order valence-corrected chi connectivity index (χ4v) is 4.42. The lowest BCUT2D eigenvalue weighted by Gasteiger charge is -2.10. The smallest absolute Gasteiger partial charge is 0.343 e. The largest absolute Gasteiger partial charge is 0.494 e. The third-order valence-corrected chi connectivity index (χ3v) is 7.14. The van der Waals surface area contributed by atoms with Crippen LogP contribution in [0.3, 0.4) is 0 Å². The van der Waals surface area contributed by atoms with Crippen molar-refractivity contribution in [2.45, 2.75) is 51.9 Å². The molecule has 0 saturated heterocycles. The zero-order chi connectivity index (χ0) is 36.0. The molecule has 0 aliphatic heterocycles. The van der Waals surface area contributed by atoms with Gasteiger partial charge in [-0.15, -0.1) is 0 Å². The Kier molecular flexibility index (Phi) is 17.1. The Morgan fingerprint density at radius 2 is 1.08 bits per heavy atom. The van der Waals surface area contributed by atoms with Crippen molar-refractivity contribution in [3.05, 3.63) is 115 Å². The molecule has 0 fully saturated rings. The molecule has 0 aliphatic carbocycles. The van der Waals surface area contributed by atoms with Gasteiger partial charge in [0.05, 0.1) is 32.0 Å². The zero-order valence-electron chi connectivity index (χ0n) is 28.4. The van der Waals surface area contributed by atoms with Crippen LogP contribution >= 0.6 is 0 Å². The van der Waals surface area contributed by atoms with E-state index in [1.165, 1.54) is 6.08 Å². The summed E-state index contributed by atoms with van der Waals surface area (Å²) in [7, 11) is 0. The van der Waals surface area contributed by atoms with Crippen molar-refractivity contribution >= 4 is 30.0 Å². The van der Waals surface area contributed by atoms with Crippen LogP contribution in [0.4, 0.5) is 0 Å². The van der Waals surface area contributed by atoms with Gasteiger partial charge in [0.15, 0.2) is 0 Å². The van der Waals surface area contributed by atoms with Crippen LogP contribution in [0.5, 0.6) is 23.0 Å². The number of unbranched alkanes of at least 4 members (excludes halogenated alkanes) is 5. The molecule has 3 rings (SSSR count). The second-order valence-electron chi connectivity index (χ2n) is 11.1. The molecule has 0 saturated carbocycles. The summed E-state index contributed by atoms with van der Waals surface area (Å²) in [5.41, 5.74) is 1.79. The van der Waals surface area contributed by atoms with E-state index in [2.05, 4.69) is 13.2 Å². The van der Waals surface area contributed by atoms with Crippen LogP contribution in [0.2, 0.25) is 0 Å². The first-order valence-electron chi connectivity index (χ1n) is 16.5. The van der Waals surface area contributed by atoms with Gasteiger partial charge in [0, 0.05) is 18.2 Å². The van der Waals surface area contributed by atoms with Crippen molar-refractivity contribution in [2.24, 2.45) is 0 Å². The Hall–Kier alpha value is -5.64. The molecule has 0 unspecified atom stereocenters. The number of carbonyl (C=O) groups is 4. The highest BCUT2D eigenvalue weighted by molar-refractivity contribution is 5.91. The van der Waals surface area contributed by atoms with Gasteiger partial charge >= 0.3 is 23.9 Å². The Labute approximate surface area is 293 Å². The lowest BCUT2D eigenvalue weighted by molar-refractivity contribution is -0.138. The number of rotatable bonds is 22. The van der Waals surface area contributed by atoms with Gasteiger partial charge in [0.25, 0.3) is 0 Å². The number of ether oxygens (including phenoxy) is 6. The van der Waals surface area contributed by atoms with Crippen molar-refractivity contribution in [1.29, 1.82) is 0 Å². The van der Waals surface area contributed by atoms with E-state index in [0.29, 0.717) is 60.6 Å². The van der Waals surface area contributed by atoms with Crippen molar-refractivity contribution in [2.75, 3.05) is 26.4 Å². The summed E-state index contributed by atoms with van der Waals surface area (Å²) in [5, 5.41) is 0. The molecule has 0 N–H and O–H groups in total. The molecule has 0 amide bonds. The van der Waals surface area contributed by atoms with Crippen molar-refractivity contribution in [1.82, 2.24) is 0 Å². The monoisotopic (exact) mass is 684 g/mol. The minimum Gasteiger partial charge on any atom is -0.494 e. The van der Waals surface area contributed by atoms with Gasteiger partial charge in [-0.2, -0.15) is 0 Å². The summed E-state index contributed by atoms with van der Waals surface area (Å²) < 4.78 is 32.4. The van der Waals surface area contributed by atoms with Gasteiger partial charge in [-0.25, -0.2) is 19.2 Å². The Morgan fingerprint density at radius 3 is 1.62 bits per heavy atom. The molecular weight excluding hydrogens is 640 g/mol. The van der Waals surface area contributed by atoms with Crippen LogP contribution in [0.1, 0.15) is 66.4 Å².